The van der Waals surface area contributed by atoms with Gasteiger partial charge in [-0.05, 0) is 5.56 Å². The molecule has 1 aliphatic heterocycles. The van der Waals surface area contributed by atoms with Crippen LogP contribution in [-0.2, 0) is 29.5 Å². The third-order valence-electron chi connectivity index (χ3n) is 5.88. The quantitative estimate of drug-likeness (QED) is 0.142. The van der Waals surface area contributed by atoms with Gasteiger partial charge >= 0.3 is 25.5 Å². The third-order valence-corrected chi connectivity index (χ3v) is 6.91. The van der Waals surface area contributed by atoms with Gasteiger partial charge in [-0.2, -0.15) is 0 Å². The summed E-state index contributed by atoms with van der Waals surface area (Å²) in [4.78, 5) is 53.4. The summed E-state index contributed by atoms with van der Waals surface area (Å²) in [5.41, 5.74) is 1.01. The molecule has 0 saturated carbocycles. The Morgan fingerprint density at radius 2 is 1.23 bits per heavy atom. The lowest BCUT2D eigenvalue weighted by Crippen LogP contribution is -2.48. The van der Waals surface area contributed by atoms with Gasteiger partial charge in [-0.3, -0.25) is 28.6 Å². The molecule has 1 aliphatic rings. The Kier molecular flexibility index (Phi) is 18.3. The lowest BCUT2D eigenvalue weighted by Gasteiger charge is -2.34. The molecule has 2 rings (SSSR count). The second-order valence-electron chi connectivity index (χ2n) is 8.83. The topological polar surface area (TPSA) is 188 Å². The number of aliphatic hydroxyl groups excluding tert-OH is 1. The van der Waals surface area contributed by atoms with Crippen molar-refractivity contribution in [2.75, 3.05) is 85.7 Å². The van der Waals surface area contributed by atoms with E-state index in [0.29, 0.717) is 65.5 Å². The summed E-state index contributed by atoms with van der Waals surface area (Å²) < 4.78 is 31.8. The van der Waals surface area contributed by atoms with E-state index in [1.54, 1.807) is 0 Å². The van der Waals surface area contributed by atoms with Crippen LogP contribution in [0, 0.1) is 0 Å². The van der Waals surface area contributed by atoms with Crippen molar-refractivity contribution in [1.82, 2.24) is 19.6 Å². The number of benzene rings is 1. The maximum Gasteiger partial charge on any atom is 0.696 e. The number of ether oxygens (including phenoxy) is 1. The van der Waals surface area contributed by atoms with E-state index in [9.17, 15) is 19.5 Å². The van der Waals surface area contributed by atoms with E-state index >= 15 is 0 Å². The highest BCUT2D eigenvalue weighted by molar-refractivity contribution is 7.39. The molecule has 18 heteroatoms. The number of hydrogen-bond donors (Lipinski definition) is 6. The third kappa shape index (κ3) is 17.2. The number of aliphatic hydroxyl groups is 1. The minimum Gasteiger partial charge on any atom is -0.389 e. The lowest BCUT2D eigenvalue weighted by atomic mass is 10.2. The molecule has 1 saturated heterocycles. The first kappa shape index (κ1) is 34.8. The first-order valence-corrected chi connectivity index (χ1v) is 15.8. The van der Waals surface area contributed by atoms with Gasteiger partial charge in [0.15, 0.2) is 6.73 Å². The molecule has 0 bridgehead atoms. The maximum atomic E-state index is 11.1. The molecule has 0 aromatic heterocycles. The summed E-state index contributed by atoms with van der Waals surface area (Å²) in [6.07, 6.45) is -0.759. The van der Waals surface area contributed by atoms with Crippen LogP contribution in [0.1, 0.15) is 5.56 Å². The molecule has 0 amide bonds. The molecule has 39 heavy (non-hydrogen) atoms. The second-order valence-corrected chi connectivity index (χ2v) is 11.1. The van der Waals surface area contributed by atoms with E-state index in [-0.39, 0.29) is 26.8 Å². The molecule has 1 aromatic carbocycles. The zero-order valence-corrected chi connectivity index (χ0v) is 24.4. The van der Waals surface area contributed by atoms with Crippen molar-refractivity contribution >= 4 is 25.5 Å². The highest BCUT2D eigenvalue weighted by Crippen LogP contribution is 2.25. The average molecular weight is 617 g/mol. The van der Waals surface area contributed by atoms with Gasteiger partial charge in [0.1, 0.15) is 13.5 Å². The van der Waals surface area contributed by atoms with Gasteiger partial charge in [-0.25, -0.2) is 0 Å². The number of nitrogens with zero attached hydrogens (tertiary/aromatic N) is 4. The Hall–Kier alpha value is -0.380. The highest BCUT2D eigenvalue weighted by Gasteiger charge is 2.22. The standard InChI is InChI=1S/C21H39N4O11P3/c26-21(16-33-15-20-4-2-1-3-5-20)14-22-6-8-23(17-34-37(27)28)10-12-25(19-36-39(31)32)13-11-24(9-7-22)18-35-38(29)30/h1-5,21,26-28,31-32H,6-19H2/p+1. The van der Waals surface area contributed by atoms with Gasteiger partial charge in [-0.1, -0.05) is 30.3 Å². The minimum absolute atomic E-state index is 0.0276. The fourth-order valence-electron chi connectivity index (χ4n) is 3.78. The van der Waals surface area contributed by atoms with Crippen LogP contribution in [0.25, 0.3) is 0 Å². The largest absolute Gasteiger partial charge is 0.696 e. The van der Waals surface area contributed by atoms with E-state index in [0.717, 1.165) is 5.56 Å². The second kappa shape index (κ2) is 20.5. The van der Waals surface area contributed by atoms with Crippen molar-refractivity contribution in [2.45, 2.75) is 12.7 Å². The van der Waals surface area contributed by atoms with Crippen molar-refractivity contribution in [2.24, 2.45) is 0 Å². The van der Waals surface area contributed by atoms with Gasteiger partial charge in [-0.15, -0.1) is 9.42 Å². The summed E-state index contributed by atoms with van der Waals surface area (Å²) >= 11 is 0. The molecule has 0 radical (unpaired) electrons. The van der Waals surface area contributed by atoms with E-state index in [4.69, 9.17) is 33.0 Å². The summed E-state index contributed by atoms with van der Waals surface area (Å²) in [5, 5.41) is 10.7. The van der Waals surface area contributed by atoms with Crippen LogP contribution in [-0.4, -0.2) is 141 Å². The van der Waals surface area contributed by atoms with Crippen molar-refractivity contribution in [3.05, 3.63) is 35.9 Å². The number of β-amino-alcohol motifs (C(OH)–C–C–N with tert-alkyl or cyclic N) is 1. The van der Waals surface area contributed by atoms with Crippen LogP contribution in [0.4, 0.5) is 0 Å². The minimum atomic E-state index is -2.78. The average Bonchev–Trinajstić information content (AvgIpc) is 2.89. The van der Waals surface area contributed by atoms with Gasteiger partial charge in [0.25, 0.3) is 0 Å². The molecule has 6 N–H and O–H groups in total. The monoisotopic (exact) mass is 617 g/mol. The molecule has 0 aliphatic carbocycles. The summed E-state index contributed by atoms with van der Waals surface area (Å²) in [5.74, 6) is 0. The molecule has 1 heterocycles. The van der Waals surface area contributed by atoms with Crippen molar-refractivity contribution < 1.29 is 52.4 Å². The molecule has 15 nitrogen and oxygen atoms in total. The van der Waals surface area contributed by atoms with Gasteiger partial charge < -0.3 is 29.4 Å². The van der Waals surface area contributed by atoms with Gasteiger partial charge in [0, 0.05) is 63.5 Å². The zero-order chi connectivity index (χ0) is 28.5. The fourth-order valence-corrected chi connectivity index (χ4v) is 4.58. The smallest absolute Gasteiger partial charge is 0.389 e. The van der Waals surface area contributed by atoms with Crippen molar-refractivity contribution in [3.63, 3.8) is 0 Å². The summed E-state index contributed by atoms with van der Waals surface area (Å²) in [6, 6.07) is 9.65. The Balaban J connectivity index is 2.02. The Morgan fingerprint density at radius 1 is 0.769 bits per heavy atom. The molecule has 0 spiro atoms. The molecule has 2 atom stereocenters. The predicted octanol–water partition coefficient (Wildman–Crippen LogP) is -0.219. The Bertz CT molecular complexity index is 791. The maximum absolute atomic E-state index is 11.1. The first-order chi connectivity index (χ1) is 18.7. The van der Waals surface area contributed by atoms with E-state index < -0.39 is 31.6 Å². The van der Waals surface area contributed by atoms with E-state index in [1.165, 1.54) is 0 Å². The summed E-state index contributed by atoms with van der Waals surface area (Å²) in [7, 11) is -7.85. The normalized spacial score (nSPS) is 19.2. The lowest BCUT2D eigenvalue weighted by molar-refractivity contribution is 0.000320. The molecular weight excluding hydrogens is 577 g/mol. The SMILES string of the molecule is O=[P+](O)OCN1CCN(COP(O)O)CCN(COP(O)O)CCN(CC(O)COCc2ccccc2)CC1. The van der Waals surface area contributed by atoms with Crippen LogP contribution in [0.3, 0.4) is 0 Å². The predicted molar refractivity (Wildman–Crippen MR) is 144 cm³/mol. The summed E-state index contributed by atoms with van der Waals surface area (Å²) in [6.45, 7) is 4.33. The molecule has 2 unspecified atom stereocenters. The molecule has 1 aromatic rings. The van der Waals surface area contributed by atoms with Crippen LogP contribution in [0.2, 0.25) is 0 Å². The highest BCUT2D eigenvalue weighted by atomic mass is 31.2. The van der Waals surface area contributed by atoms with Crippen LogP contribution in [0.5, 0.6) is 0 Å². The van der Waals surface area contributed by atoms with Crippen LogP contribution >= 0.6 is 25.5 Å². The first-order valence-electron chi connectivity index (χ1n) is 12.3. The molecular formula is C21H40N4O11P3+. The van der Waals surface area contributed by atoms with Gasteiger partial charge in [0.2, 0.25) is 0 Å². The molecule has 1 fully saturated rings. The fraction of sp³-hybridized carbons (Fsp3) is 0.714. The van der Waals surface area contributed by atoms with E-state index in [1.807, 2.05) is 49.9 Å². The Morgan fingerprint density at radius 3 is 1.69 bits per heavy atom. The Labute approximate surface area is 232 Å². The molecule has 224 valence electrons. The van der Waals surface area contributed by atoms with E-state index in [2.05, 4.69) is 0 Å². The van der Waals surface area contributed by atoms with Gasteiger partial charge in [0.05, 0.1) is 19.3 Å². The number of rotatable bonds is 15. The van der Waals surface area contributed by atoms with Crippen LogP contribution in [0.15, 0.2) is 30.3 Å². The zero-order valence-electron chi connectivity index (χ0n) is 21.7. The van der Waals surface area contributed by atoms with Crippen molar-refractivity contribution in [3.8, 4) is 0 Å². The number of hydrogen-bond acceptors (Lipinski definition) is 14. The van der Waals surface area contributed by atoms with Crippen LogP contribution < -0.4 is 0 Å². The van der Waals surface area contributed by atoms with Crippen molar-refractivity contribution in [1.29, 1.82) is 0 Å².